The summed E-state index contributed by atoms with van der Waals surface area (Å²) in [5, 5.41) is 12.0. The minimum absolute atomic E-state index is 0.265. The van der Waals surface area contributed by atoms with Crippen molar-refractivity contribution in [1.82, 2.24) is 9.88 Å². The van der Waals surface area contributed by atoms with Gasteiger partial charge in [-0.15, -0.1) is 0 Å². The molecule has 86 valence electrons. The molecule has 0 saturated carbocycles. The zero-order valence-corrected chi connectivity index (χ0v) is 10.0. The Balaban J connectivity index is 2.54. The van der Waals surface area contributed by atoms with E-state index in [9.17, 15) is 0 Å². The highest BCUT2D eigenvalue weighted by Crippen LogP contribution is 2.14. The van der Waals surface area contributed by atoms with Crippen LogP contribution in [-0.4, -0.2) is 22.8 Å². The monoisotopic (exact) mass is 210 g/mol. The lowest BCUT2D eigenvalue weighted by molar-refractivity contribution is 0.286. The third-order valence-electron chi connectivity index (χ3n) is 2.82. The Labute approximate surface area is 92.1 Å². The van der Waals surface area contributed by atoms with Crippen LogP contribution in [0, 0.1) is 13.8 Å². The molecule has 2 N–H and O–H groups in total. The van der Waals surface area contributed by atoms with Gasteiger partial charge in [-0.05, 0) is 45.4 Å². The first-order chi connectivity index (χ1) is 7.20. The first-order valence-corrected chi connectivity index (χ1v) is 5.67. The van der Waals surface area contributed by atoms with Crippen LogP contribution in [-0.2, 0) is 13.1 Å². The predicted octanol–water partition coefficient (Wildman–Crippen LogP) is 1.60. The van der Waals surface area contributed by atoms with Gasteiger partial charge >= 0.3 is 0 Å². The highest BCUT2D eigenvalue weighted by atomic mass is 16.3. The molecule has 0 atom stereocenters. The van der Waals surface area contributed by atoms with Crippen molar-refractivity contribution in [3.63, 3.8) is 0 Å². The number of aromatic nitrogens is 1. The van der Waals surface area contributed by atoms with Gasteiger partial charge in [0, 0.05) is 31.1 Å². The minimum atomic E-state index is 0.265. The van der Waals surface area contributed by atoms with E-state index >= 15 is 0 Å². The fourth-order valence-corrected chi connectivity index (χ4v) is 1.97. The molecule has 0 unspecified atom stereocenters. The molecule has 1 heterocycles. The smallest absolute Gasteiger partial charge is 0.0443 e. The number of nitrogens with zero attached hydrogens (tertiary/aromatic N) is 1. The van der Waals surface area contributed by atoms with Crippen molar-refractivity contribution in [3.8, 4) is 0 Å². The lowest BCUT2D eigenvalue weighted by atomic mass is 10.2. The predicted molar refractivity (Wildman–Crippen MR) is 63.0 cm³/mol. The Bertz CT molecular complexity index is 305. The van der Waals surface area contributed by atoms with E-state index in [0.29, 0.717) is 0 Å². The van der Waals surface area contributed by atoms with Gasteiger partial charge in [-0.25, -0.2) is 0 Å². The molecule has 1 rings (SSSR count). The van der Waals surface area contributed by atoms with Crippen LogP contribution in [0.25, 0.3) is 0 Å². The van der Waals surface area contributed by atoms with Crippen molar-refractivity contribution in [1.29, 1.82) is 0 Å². The maximum Gasteiger partial charge on any atom is 0.0443 e. The Morgan fingerprint density at radius 3 is 2.67 bits per heavy atom. The second kappa shape index (κ2) is 5.93. The highest BCUT2D eigenvalue weighted by molar-refractivity contribution is 5.26. The maximum absolute atomic E-state index is 8.66. The first-order valence-electron chi connectivity index (χ1n) is 5.67. The number of aliphatic hydroxyl groups is 1. The molecule has 0 bridgehead atoms. The molecule has 3 heteroatoms. The van der Waals surface area contributed by atoms with Crippen LogP contribution >= 0.6 is 0 Å². The number of aryl methyl sites for hydroxylation is 1. The molecule has 0 radical (unpaired) electrons. The summed E-state index contributed by atoms with van der Waals surface area (Å²) in [6.07, 6.45) is 0.826. The fraction of sp³-hybridized carbons (Fsp3) is 0.667. The molecule has 15 heavy (non-hydrogen) atoms. The van der Waals surface area contributed by atoms with Crippen molar-refractivity contribution in [2.75, 3.05) is 13.2 Å². The van der Waals surface area contributed by atoms with E-state index in [1.807, 2.05) is 0 Å². The Morgan fingerprint density at radius 1 is 1.40 bits per heavy atom. The number of aliphatic hydroxyl groups excluding tert-OH is 1. The van der Waals surface area contributed by atoms with Gasteiger partial charge < -0.3 is 15.0 Å². The van der Waals surface area contributed by atoms with E-state index in [4.69, 9.17) is 5.11 Å². The molecular formula is C12H22N2O. The number of rotatable bonds is 6. The SMILES string of the molecule is CCn1c(C)cc(CNCCCO)c1C. The first kappa shape index (κ1) is 12.3. The van der Waals surface area contributed by atoms with E-state index in [2.05, 4.69) is 36.7 Å². The van der Waals surface area contributed by atoms with Crippen LogP contribution in [0.4, 0.5) is 0 Å². The largest absolute Gasteiger partial charge is 0.396 e. The molecule has 0 fully saturated rings. The Kier molecular flexibility index (Phi) is 4.85. The average molecular weight is 210 g/mol. The molecule has 0 amide bonds. The summed E-state index contributed by atoms with van der Waals surface area (Å²) < 4.78 is 2.32. The minimum Gasteiger partial charge on any atom is -0.396 e. The number of hydrogen-bond donors (Lipinski definition) is 2. The van der Waals surface area contributed by atoms with Crippen molar-refractivity contribution in [3.05, 3.63) is 23.0 Å². The van der Waals surface area contributed by atoms with Crippen LogP contribution < -0.4 is 5.32 Å². The topological polar surface area (TPSA) is 37.2 Å². The van der Waals surface area contributed by atoms with Crippen molar-refractivity contribution < 1.29 is 5.11 Å². The van der Waals surface area contributed by atoms with Crippen LogP contribution in [0.5, 0.6) is 0 Å². The summed E-state index contributed by atoms with van der Waals surface area (Å²) >= 11 is 0. The standard InChI is InChI=1S/C12H22N2O/c1-4-14-10(2)8-12(11(14)3)9-13-6-5-7-15/h8,13,15H,4-7,9H2,1-3H3. The summed E-state index contributed by atoms with van der Waals surface area (Å²) in [4.78, 5) is 0. The second-order valence-corrected chi connectivity index (χ2v) is 3.89. The van der Waals surface area contributed by atoms with E-state index < -0.39 is 0 Å². The van der Waals surface area contributed by atoms with Gasteiger partial charge in [0.05, 0.1) is 0 Å². The normalized spacial score (nSPS) is 10.9. The molecule has 1 aromatic heterocycles. The van der Waals surface area contributed by atoms with Crippen molar-refractivity contribution in [2.45, 2.75) is 40.3 Å². The zero-order valence-electron chi connectivity index (χ0n) is 10.0. The van der Waals surface area contributed by atoms with Crippen LogP contribution in [0.2, 0.25) is 0 Å². The van der Waals surface area contributed by atoms with Crippen molar-refractivity contribution >= 4 is 0 Å². The number of nitrogens with one attached hydrogen (secondary N) is 1. The molecule has 0 aliphatic carbocycles. The van der Waals surface area contributed by atoms with E-state index in [1.54, 1.807) is 0 Å². The highest BCUT2D eigenvalue weighted by Gasteiger charge is 2.06. The Hall–Kier alpha value is -0.800. The van der Waals surface area contributed by atoms with Gasteiger partial charge in [-0.3, -0.25) is 0 Å². The third-order valence-corrected chi connectivity index (χ3v) is 2.82. The molecule has 1 aromatic rings. The molecule has 0 aliphatic heterocycles. The fourth-order valence-electron chi connectivity index (χ4n) is 1.97. The average Bonchev–Trinajstić information content (AvgIpc) is 2.49. The van der Waals surface area contributed by atoms with Gasteiger partial charge in [0.25, 0.3) is 0 Å². The van der Waals surface area contributed by atoms with Crippen LogP contribution in [0.1, 0.15) is 30.3 Å². The lowest BCUT2D eigenvalue weighted by Gasteiger charge is -2.06. The van der Waals surface area contributed by atoms with Crippen LogP contribution in [0.3, 0.4) is 0 Å². The second-order valence-electron chi connectivity index (χ2n) is 3.89. The molecule has 3 nitrogen and oxygen atoms in total. The summed E-state index contributed by atoms with van der Waals surface area (Å²) in [6.45, 7) is 9.57. The summed E-state index contributed by atoms with van der Waals surface area (Å²) in [6, 6.07) is 2.24. The molecule has 0 aromatic carbocycles. The maximum atomic E-state index is 8.66. The Morgan fingerprint density at radius 2 is 2.13 bits per heavy atom. The molecule has 0 aliphatic rings. The van der Waals surface area contributed by atoms with E-state index in [1.165, 1.54) is 17.0 Å². The lowest BCUT2D eigenvalue weighted by Crippen LogP contribution is -2.16. The summed E-state index contributed by atoms with van der Waals surface area (Å²) in [7, 11) is 0. The van der Waals surface area contributed by atoms with Gasteiger partial charge in [0.1, 0.15) is 0 Å². The molecular weight excluding hydrogens is 188 g/mol. The summed E-state index contributed by atoms with van der Waals surface area (Å²) in [5.41, 5.74) is 4.05. The summed E-state index contributed by atoms with van der Waals surface area (Å²) in [5.74, 6) is 0. The van der Waals surface area contributed by atoms with Gasteiger partial charge in [-0.2, -0.15) is 0 Å². The third kappa shape index (κ3) is 3.08. The van der Waals surface area contributed by atoms with Crippen molar-refractivity contribution in [2.24, 2.45) is 0 Å². The van der Waals surface area contributed by atoms with Gasteiger partial charge in [0.15, 0.2) is 0 Å². The molecule has 0 saturated heterocycles. The number of hydrogen-bond acceptors (Lipinski definition) is 2. The molecule has 0 spiro atoms. The van der Waals surface area contributed by atoms with Gasteiger partial charge in [-0.1, -0.05) is 0 Å². The van der Waals surface area contributed by atoms with Crippen LogP contribution in [0.15, 0.2) is 6.07 Å². The quantitative estimate of drug-likeness (QED) is 0.700. The zero-order chi connectivity index (χ0) is 11.3. The van der Waals surface area contributed by atoms with E-state index in [0.717, 1.165) is 26.1 Å². The van der Waals surface area contributed by atoms with Gasteiger partial charge in [0.2, 0.25) is 0 Å². The van der Waals surface area contributed by atoms with E-state index in [-0.39, 0.29) is 6.61 Å².